The van der Waals surface area contributed by atoms with E-state index in [1.165, 1.54) is 6.33 Å². The topological polar surface area (TPSA) is 87.7 Å². The van der Waals surface area contributed by atoms with Crippen LogP contribution in [0.25, 0.3) is 11.4 Å². The molecule has 0 atom stereocenters. The van der Waals surface area contributed by atoms with E-state index in [-0.39, 0.29) is 5.56 Å². The van der Waals surface area contributed by atoms with Crippen molar-refractivity contribution in [2.24, 2.45) is 0 Å². The van der Waals surface area contributed by atoms with Crippen molar-refractivity contribution in [3.8, 4) is 11.4 Å². The SMILES string of the molecule is O=c1[nH]c(-c2ccncc2)nc2c1CN(Cc1cncnc1)CC2. The molecule has 0 saturated carbocycles. The van der Waals surface area contributed by atoms with Crippen LogP contribution in [0.1, 0.15) is 16.8 Å². The van der Waals surface area contributed by atoms with Crippen LogP contribution in [0.15, 0.2) is 48.0 Å². The highest BCUT2D eigenvalue weighted by Gasteiger charge is 2.21. The molecule has 0 bridgehead atoms. The molecule has 0 saturated heterocycles. The van der Waals surface area contributed by atoms with Gasteiger partial charge in [-0.2, -0.15) is 0 Å². The molecule has 4 rings (SSSR count). The van der Waals surface area contributed by atoms with Gasteiger partial charge in [0.15, 0.2) is 0 Å². The van der Waals surface area contributed by atoms with E-state index in [9.17, 15) is 4.79 Å². The Hall–Kier alpha value is -2.93. The molecule has 7 heteroatoms. The van der Waals surface area contributed by atoms with E-state index >= 15 is 0 Å². The molecule has 7 nitrogen and oxygen atoms in total. The van der Waals surface area contributed by atoms with Gasteiger partial charge in [0.1, 0.15) is 12.2 Å². The number of aromatic amines is 1. The van der Waals surface area contributed by atoms with Gasteiger partial charge in [-0.3, -0.25) is 14.7 Å². The number of fused-ring (bicyclic) bond motifs is 1. The van der Waals surface area contributed by atoms with Crippen LogP contribution < -0.4 is 5.56 Å². The Balaban J connectivity index is 1.60. The van der Waals surface area contributed by atoms with Gasteiger partial charge >= 0.3 is 0 Å². The van der Waals surface area contributed by atoms with E-state index < -0.39 is 0 Å². The third-order valence-corrected chi connectivity index (χ3v) is 4.12. The Morgan fingerprint density at radius 3 is 2.71 bits per heavy atom. The standard InChI is InChI=1S/C17H16N6O/c24-17-14-10-23(9-12-7-19-11-20-8-12)6-3-15(14)21-16(22-17)13-1-4-18-5-2-13/h1-2,4-5,7-8,11H,3,6,9-10H2,(H,21,22,24). The summed E-state index contributed by atoms with van der Waals surface area (Å²) in [5, 5.41) is 0. The number of rotatable bonds is 3. The number of aromatic nitrogens is 5. The quantitative estimate of drug-likeness (QED) is 0.780. The molecule has 1 aliphatic rings. The maximum absolute atomic E-state index is 12.5. The number of pyridine rings is 1. The Labute approximate surface area is 138 Å². The molecule has 0 aromatic carbocycles. The average molecular weight is 320 g/mol. The molecule has 0 fully saturated rings. The maximum Gasteiger partial charge on any atom is 0.255 e. The fraction of sp³-hybridized carbons (Fsp3) is 0.235. The summed E-state index contributed by atoms with van der Waals surface area (Å²) in [6.07, 6.45) is 9.27. The minimum Gasteiger partial charge on any atom is -0.306 e. The highest BCUT2D eigenvalue weighted by atomic mass is 16.1. The van der Waals surface area contributed by atoms with Gasteiger partial charge in [-0.25, -0.2) is 15.0 Å². The molecule has 0 spiro atoms. The first-order valence-corrected chi connectivity index (χ1v) is 7.78. The van der Waals surface area contributed by atoms with Crippen molar-refractivity contribution in [3.63, 3.8) is 0 Å². The van der Waals surface area contributed by atoms with E-state index in [4.69, 9.17) is 0 Å². The third-order valence-electron chi connectivity index (χ3n) is 4.12. The van der Waals surface area contributed by atoms with E-state index in [1.54, 1.807) is 24.8 Å². The number of hydrogen-bond acceptors (Lipinski definition) is 6. The smallest absolute Gasteiger partial charge is 0.255 e. The highest BCUT2D eigenvalue weighted by Crippen LogP contribution is 2.19. The van der Waals surface area contributed by atoms with Crippen LogP contribution >= 0.6 is 0 Å². The number of nitrogens with one attached hydrogen (secondary N) is 1. The monoisotopic (exact) mass is 320 g/mol. The average Bonchev–Trinajstić information content (AvgIpc) is 2.64. The first kappa shape index (κ1) is 14.6. The number of hydrogen-bond donors (Lipinski definition) is 1. The van der Waals surface area contributed by atoms with Crippen LogP contribution in [-0.2, 0) is 19.5 Å². The van der Waals surface area contributed by atoms with Crippen molar-refractivity contribution >= 4 is 0 Å². The second kappa shape index (κ2) is 6.29. The summed E-state index contributed by atoms with van der Waals surface area (Å²) in [6, 6.07) is 3.68. The fourth-order valence-corrected chi connectivity index (χ4v) is 2.93. The van der Waals surface area contributed by atoms with Gasteiger partial charge in [-0.15, -0.1) is 0 Å². The second-order valence-electron chi connectivity index (χ2n) is 5.78. The normalized spacial score (nSPS) is 14.3. The lowest BCUT2D eigenvalue weighted by Crippen LogP contribution is -2.35. The van der Waals surface area contributed by atoms with Gasteiger partial charge in [0.05, 0.1) is 11.3 Å². The molecule has 0 unspecified atom stereocenters. The van der Waals surface area contributed by atoms with Crippen LogP contribution in [0, 0.1) is 0 Å². The molecular weight excluding hydrogens is 304 g/mol. The van der Waals surface area contributed by atoms with Gasteiger partial charge in [-0.05, 0) is 12.1 Å². The molecular formula is C17H16N6O. The molecule has 24 heavy (non-hydrogen) atoms. The Morgan fingerprint density at radius 1 is 1.12 bits per heavy atom. The largest absolute Gasteiger partial charge is 0.306 e. The Kier molecular flexibility index (Phi) is 3.84. The van der Waals surface area contributed by atoms with Gasteiger partial charge < -0.3 is 4.98 Å². The summed E-state index contributed by atoms with van der Waals surface area (Å²) in [5.41, 5.74) is 3.47. The van der Waals surface area contributed by atoms with Crippen molar-refractivity contribution in [1.29, 1.82) is 0 Å². The molecule has 3 aromatic heterocycles. The molecule has 0 aliphatic carbocycles. The highest BCUT2D eigenvalue weighted by molar-refractivity contribution is 5.54. The van der Waals surface area contributed by atoms with Gasteiger partial charge in [0.25, 0.3) is 5.56 Å². The van der Waals surface area contributed by atoms with Crippen molar-refractivity contribution in [2.75, 3.05) is 6.54 Å². The molecule has 3 aromatic rings. The van der Waals surface area contributed by atoms with Crippen LogP contribution in [0.2, 0.25) is 0 Å². The van der Waals surface area contributed by atoms with Crippen LogP contribution in [-0.4, -0.2) is 36.4 Å². The Bertz CT molecular complexity index is 894. The van der Waals surface area contributed by atoms with Crippen LogP contribution in [0.4, 0.5) is 0 Å². The summed E-state index contributed by atoms with van der Waals surface area (Å²) in [5.74, 6) is 0.603. The molecule has 4 heterocycles. The van der Waals surface area contributed by atoms with Crippen LogP contribution in [0.3, 0.4) is 0 Å². The first-order valence-electron chi connectivity index (χ1n) is 7.78. The second-order valence-corrected chi connectivity index (χ2v) is 5.78. The zero-order chi connectivity index (χ0) is 16.4. The first-order chi connectivity index (χ1) is 11.8. The summed E-state index contributed by atoms with van der Waals surface area (Å²) in [4.78, 5) is 34.3. The molecule has 0 radical (unpaired) electrons. The zero-order valence-corrected chi connectivity index (χ0v) is 13.0. The predicted molar refractivity (Wildman–Crippen MR) is 87.9 cm³/mol. The fourth-order valence-electron chi connectivity index (χ4n) is 2.93. The Morgan fingerprint density at radius 2 is 1.92 bits per heavy atom. The molecule has 120 valence electrons. The maximum atomic E-state index is 12.5. The van der Waals surface area contributed by atoms with E-state index in [2.05, 4.69) is 29.8 Å². The van der Waals surface area contributed by atoms with E-state index in [0.717, 1.165) is 41.9 Å². The summed E-state index contributed by atoms with van der Waals surface area (Å²) >= 11 is 0. The third kappa shape index (κ3) is 2.93. The molecule has 0 amide bonds. The lowest BCUT2D eigenvalue weighted by atomic mass is 10.1. The van der Waals surface area contributed by atoms with Crippen molar-refractivity contribution in [3.05, 3.63) is 70.4 Å². The minimum atomic E-state index is -0.0687. The van der Waals surface area contributed by atoms with Crippen molar-refractivity contribution in [2.45, 2.75) is 19.5 Å². The van der Waals surface area contributed by atoms with Crippen molar-refractivity contribution < 1.29 is 0 Å². The summed E-state index contributed by atoms with van der Waals surface area (Å²) in [6.45, 7) is 2.17. The molecule has 1 N–H and O–H groups in total. The summed E-state index contributed by atoms with van der Waals surface area (Å²) < 4.78 is 0. The summed E-state index contributed by atoms with van der Waals surface area (Å²) in [7, 11) is 0. The van der Waals surface area contributed by atoms with Crippen LogP contribution in [0.5, 0.6) is 0 Å². The predicted octanol–water partition coefficient (Wildman–Crippen LogP) is 1.18. The number of H-pyrrole nitrogens is 1. The van der Waals surface area contributed by atoms with E-state index in [1.807, 2.05) is 12.1 Å². The van der Waals surface area contributed by atoms with Gasteiger partial charge in [0.2, 0.25) is 0 Å². The van der Waals surface area contributed by atoms with Gasteiger partial charge in [-0.1, -0.05) is 0 Å². The minimum absolute atomic E-state index is 0.0687. The van der Waals surface area contributed by atoms with Gasteiger partial charge in [0, 0.05) is 62.0 Å². The molecule has 1 aliphatic heterocycles. The lowest BCUT2D eigenvalue weighted by Gasteiger charge is -2.27. The number of nitrogens with zero attached hydrogens (tertiary/aromatic N) is 5. The van der Waals surface area contributed by atoms with Crippen molar-refractivity contribution in [1.82, 2.24) is 29.8 Å². The van der Waals surface area contributed by atoms with E-state index in [0.29, 0.717) is 12.4 Å². The lowest BCUT2D eigenvalue weighted by molar-refractivity contribution is 0.241. The zero-order valence-electron chi connectivity index (χ0n) is 13.0.